The lowest BCUT2D eigenvalue weighted by atomic mass is 9.99. The fraction of sp³-hybridized carbons (Fsp3) is 0.150. The average Bonchev–Trinajstić information content (AvgIpc) is 3.07. The molecule has 1 aliphatic rings. The van der Waals surface area contributed by atoms with Gasteiger partial charge in [-0.1, -0.05) is 12.1 Å². The number of aryl methyl sites for hydroxylation is 1. The summed E-state index contributed by atoms with van der Waals surface area (Å²) in [5, 5.41) is 5.60. The predicted octanol–water partition coefficient (Wildman–Crippen LogP) is 4.59. The zero-order chi connectivity index (χ0) is 16.3. The van der Waals surface area contributed by atoms with Gasteiger partial charge >= 0.3 is 0 Å². The maximum absolute atomic E-state index is 5.53. The molecule has 0 spiro atoms. The van der Waals surface area contributed by atoms with E-state index in [4.69, 9.17) is 19.2 Å². The summed E-state index contributed by atoms with van der Waals surface area (Å²) in [6.07, 6.45) is 1.93. The molecule has 0 saturated carbocycles. The third-order valence-corrected chi connectivity index (χ3v) is 4.78. The number of hydrogen-bond donors (Lipinski definition) is 0. The van der Waals surface area contributed by atoms with Crippen molar-refractivity contribution in [2.45, 2.75) is 6.92 Å². The van der Waals surface area contributed by atoms with E-state index in [9.17, 15) is 0 Å². The van der Waals surface area contributed by atoms with Crippen molar-refractivity contribution in [1.29, 1.82) is 0 Å². The Balaban J connectivity index is 1.90. The molecule has 4 aromatic rings. The van der Waals surface area contributed by atoms with Gasteiger partial charge < -0.3 is 14.2 Å². The molecule has 4 heteroatoms. The van der Waals surface area contributed by atoms with Gasteiger partial charge in [-0.25, -0.2) is 0 Å². The average molecular weight is 317 g/mol. The van der Waals surface area contributed by atoms with Gasteiger partial charge in [0.25, 0.3) is 0 Å². The van der Waals surface area contributed by atoms with Gasteiger partial charge in [0.2, 0.25) is 6.79 Å². The third kappa shape index (κ3) is 1.71. The number of ether oxygens (including phenoxy) is 3. The van der Waals surface area contributed by atoms with E-state index in [1.165, 1.54) is 5.39 Å². The molecule has 0 fully saturated rings. The highest BCUT2D eigenvalue weighted by Crippen LogP contribution is 2.40. The molecule has 0 atom stereocenters. The Bertz CT molecular complexity index is 1130. The van der Waals surface area contributed by atoms with E-state index in [1.807, 2.05) is 24.4 Å². The molecule has 3 aromatic carbocycles. The van der Waals surface area contributed by atoms with E-state index in [-0.39, 0.29) is 6.79 Å². The number of benzene rings is 3. The topological polar surface area (TPSA) is 40.6 Å². The molecule has 0 aliphatic carbocycles. The second-order valence-electron chi connectivity index (χ2n) is 6.00. The van der Waals surface area contributed by atoms with E-state index in [2.05, 4.69) is 25.1 Å². The summed E-state index contributed by atoms with van der Waals surface area (Å²) in [6.45, 7) is 2.34. The standard InChI is InChI=1S/C20H15NO3/c1-11-16-9-21-20-14(13(16)5-6-17(11)22-2)4-3-12-7-18-19(8-15(12)20)24-10-23-18/h3-9H,10H2,1-2H3. The number of pyridine rings is 1. The van der Waals surface area contributed by atoms with Crippen molar-refractivity contribution in [1.82, 2.24) is 4.98 Å². The molecule has 0 amide bonds. The number of rotatable bonds is 1. The summed E-state index contributed by atoms with van der Waals surface area (Å²) in [7, 11) is 1.69. The highest BCUT2D eigenvalue weighted by molar-refractivity contribution is 6.16. The Labute approximate surface area is 138 Å². The van der Waals surface area contributed by atoms with E-state index in [1.54, 1.807) is 7.11 Å². The van der Waals surface area contributed by atoms with Gasteiger partial charge in [-0.05, 0) is 42.0 Å². The molecule has 1 aliphatic heterocycles. The first-order valence-electron chi connectivity index (χ1n) is 7.84. The second kappa shape index (κ2) is 4.74. The van der Waals surface area contributed by atoms with Crippen LogP contribution in [0.4, 0.5) is 0 Å². The van der Waals surface area contributed by atoms with Crippen LogP contribution in [0.5, 0.6) is 17.2 Å². The molecule has 118 valence electrons. The third-order valence-electron chi connectivity index (χ3n) is 4.78. The Hall–Kier alpha value is -3.01. The minimum absolute atomic E-state index is 0.277. The van der Waals surface area contributed by atoms with Crippen LogP contribution in [0.25, 0.3) is 32.4 Å². The van der Waals surface area contributed by atoms with Gasteiger partial charge in [-0.15, -0.1) is 0 Å². The molecule has 0 unspecified atom stereocenters. The summed E-state index contributed by atoms with van der Waals surface area (Å²) in [6, 6.07) is 12.4. The van der Waals surface area contributed by atoms with E-state index in [0.717, 1.165) is 49.9 Å². The summed E-state index contributed by atoms with van der Waals surface area (Å²) < 4.78 is 16.4. The zero-order valence-electron chi connectivity index (χ0n) is 13.4. The van der Waals surface area contributed by atoms with Gasteiger partial charge in [0.1, 0.15) is 5.75 Å². The lowest BCUT2D eigenvalue weighted by molar-refractivity contribution is 0.174. The largest absolute Gasteiger partial charge is 0.496 e. The molecule has 1 aromatic heterocycles. The van der Waals surface area contributed by atoms with Crippen molar-refractivity contribution >= 4 is 32.4 Å². The molecular formula is C20H15NO3. The predicted molar refractivity (Wildman–Crippen MR) is 94.2 cm³/mol. The molecule has 24 heavy (non-hydrogen) atoms. The van der Waals surface area contributed by atoms with Crippen molar-refractivity contribution in [2.24, 2.45) is 0 Å². The number of nitrogens with zero attached hydrogens (tertiary/aromatic N) is 1. The number of fused-ring (bicyclic) bond motifs is 6. The Morgan fingerprint density at radius 2 is 1.71 bits per heavy atom. The van der Waals surface area contributed by atoms with Crippen molar-refractivity contribution in [3.63, 3.8) is 0 Å². The second-order valence-corrected chi connectivity index (χ2v) is 6.00. The highest BCUT2D eigenvalue weighted by atomic mass is 16.7. The summed E-state index contributed by atoms with van der Waals surface area (Å²) in [5.41, 5.74) is 2.08. The van der Waals surface area contributed by atoms with Crippen LogP contribution in [-0.2, 0) is 0 Å². The van der Waals surface area contributed by atoms with Crippen LogP contribution in [0, 0.1) is 6.92 Å². The minimum Gasteiger partial charge on any atom is -0.496 e. The van der Waals surface area contributed by atoms with Gasteiger partial charge in [0.15, 0.2) is 11.5 Å². The summed E-state index contributed by atoms with van der Waals surface area (Å²) in [4.78, 5) is 4.75. The van der Waals surface area contributed by atoms with Gasteiger partial charge in [-0.3, -0.25) is 4.98 Å². The first kappa shape index (κ1) is 13.4. The van der Waals surface area contributed by atoms with Crippen LogP contribution in [-0.4, -0.2) is 18.9 Å². The first-order valence-corrected chi connectivity index (χ1v) is 7.84. The van der Waals surface area contributed by atoms with Gasteiger partial charge in [-0.2, -0.15) is 0 Å². The van der Waals surface area contributed by atoms with E-state index >= 15 is 0 Å². The van der Waals surface area contributed by atoms with Crippen molar-refractivity contribution in [2.75, 3.05) is 13.9 Å². The SMILES string of the molecule is COc1ccc2c(cnc3c4cc5c(cc4ccc23)OCO5)c1C. The molecule has 5 rings (SSSR count). The van der Waals surface area contributed by atoms with E-state index in [0.29, 0.717) is 0 Å². The number of aromatic nitrogens is 1. The lowest BCUT2D eigenvalue weighted by Gasteiger charge is -2.11. The Morgan fingerprint density at radius 3 is 2.54 bits per heavy atom. The monoisotopic (exact) mass is 317 g/mol. The van der Waals surface area contributed by atoms with Crippen LogP contribution in [0.3, 0.4) is 0 Å². The normalized spacial score (nSPS) is 13.1. The molecule has 0 saturated heterocycles. The van der Waals surface area contributed by atoms with E-state index < -0.39 is 0 Å². The van der Waals surface area contributed by atoms with Crippen LogP contribution in [0.2, 0.25) is 0 Å². The Morgan fingerprint density at radius 1 is 0.917 bits per heavy atom. The number of methoxy groups -OCH3 is 1. The molecular weight excluding hydrogens is 302 g/mol. The van der Waals surface area contributed by atoms with Crippen LogP contribution in [0.15, 0.2) is 42.6 Å². The van der Waals surface area contributed by atoms with Crippen LogP contribution >= 0.6 is 0 Å². The fourth-order valence-electron chi connectivity index (χ4n) is 3.51. The summed E-state index contributed by atoms with van der Waals surface area (Å²) >= 11 is 0. The molecule has 0 N–H and O–H groups in total. The Kier molecular flexibility index (Phi) is 2.65. The molecule has 2 heterocycles. The minimum atomic E-state index is 0.277. The van der Waals surface area contributed by atoms with Gasteiger partial charge in [0, 0.05) is 27.9 Å². The molecule has 0 radical (unpaired) electrons. The first-order chi connectivity index (χ1) is 11.8. The maximum Gasteiger partial charge on any atom is 0.231 e. The van der Waals surface area contributed by atoms with Crippen molar-refractivity contribution < 1.29 is 14.2 Å². The quantitative estimate of drug-likeness (QED) is 0.482. The zero-order valence-corrected chi connectivity index (χ0v) is 13.4. The van der Waals surface area contributed by atoms with Crippen LogP contribution < -0.4 is 14.2 Å². The smallest absolute Gasteiger partial charge is 0.231 e. The maximum atomic E-state index is 5.53. The fourth-order valence-corrected chi connectivity index (χ4v) is 3.51. The molecule has 0 bridgehead atoms. The van der Waals surface area contributed by atoms with Crippen molar-refractivity contribution in [3.05, 3.63) is 48.2 Å². The number of hydrogen-bond acceptors (Lipinski definition) is 4. The lowest BCUT2D eigenvalue weighted by Crippen LogP contribution is -1.92. The highest BCUT2D eigenvalue weighted by Gasteiger charge is 2.16. The summed E-state index contributed by atoms with van der Waals surface area (Å²) in [5.74, 6) is 2.46. The van der Waals surface area contributed by atoms with Crippen molar-refractivity contribution in [3.8, 4) is 17.2 Å². The molecule has 4 nitrogen and oxygen atoms in total. The van der Waals surface area contributed by atoms with Gasteiger partial charge in [0.05, 0.1) is 12.6 Å². The van der Waals surface area contributed by atoms with Crippen LogP contribution in [0.1, 0.15) is 5.56 Å².